The van der Waals surface area contributed by atoms with E-state index in [2.05, 4.69) is 63.7 Å². The molecule has 38 heavy (non-hydrogen) atoms. The predicted molar refractivity (Wildman–Crippen MR) is 152 cm³/mol. The van der Waals surface area contributed by atoms with Gasteiger partial charge < -0.3 is 15.4 Å². The summed E-state index contributed by atoms with van der Waals surface area (Å²) in [6, 6.07) is 27.1. The maximum atomic E-state index is 9.97. The summed E-state index contributed by atoms with van der Waals surface area (Å²) in [4.78, 5) is 16.8. The van der Waals surface area contributed by atoms with Crippen LogP contribution in [0, 0.1) is 6.92 Å². The van der Waals surface area contributed by atoms with E-state index in [9.17, 15) is 4.79 Å². The number of anilines is 1. The molecule has 7 nitrogen and oxygen atoms in total. The van der Waals surface area contributed by atoms with E-state index in [-0.39, 0.29) is 12.1 Å². The fraction of sp³-hybridized carbons (Fsp3) is 0.387. The molecule has 0 spiro atoms. The van der Waals surface area contributed by atoms with Crippen molar-refractivity contribution >= 4 is 12.1 Å². The Balaban J connectivity index is 0.000000336. The van der Waals surface area contributed by atoms with Crippen LogP contribution in [0.2, 0.25) is 0 Å². The first-order chi connectivity index (χ1) is 18.5. The fourth-order valence-corrected chi connectivity index (χ4v) is 4.78. The van der Waals surface area contributed by atoms with Crippen LogP contribution in [0.4, 0.5) is 5.69 Å². The summed E-state index contributed by atoms with van der Waals surface area (Å²) in [5.41, 5.74) is 5.96. The molecule has 3 aromatic carbocycles. The SMILES string of the molecule is CNC(CN1Cc2ccccc2C[C@@H]1CCOO)C(C)OCc1ccccc1.Cc1cccc(NC=O)c1. The maximum absolute atomic E-state index is 9.97. The highest BCUT2D eigenvalue weighted by Gasteiger charge is 2.29. The number of likely N-dealkylation sites (N-methyl/N-ethyl adjacent to an activating group) is 1. The molecule has 7 heteroatoms. The van der Waals surface area contributed by atoms with Crippen LogP contribution in [0.3, 0.4) is 0 Å². The van der Waals surface area contributed by atoms with E-state index in [4.69, 9.17) is 9.99 Å². The summed E-state index contributed by atoms with van der Waals surface area (Å²) < 4.78 is 6.15. The van der Waals surface area contributed by atoms with Gasteiger partial charge in [0.25, 0.3) is 0 Å². The second-order valence-corrected chi connectivity index (χ2v) is 9.71. The van der Waals surface area contributed by atoms with Crippen molar-refractivity contribution in [3.05, 3.63) is 101 Å². The molecular formula is C31H41N3O4. The van der Waals surface area contributed by atoms with E-state index in [0.717, 1.165) is 37.2 Å². The number of hydrogen-bond acceptors (Lipinski definition) is 6. The van der Waals surface area contributed by atoms with Crippen LogP contribution in [0.1, 0.15) is 35.6 Å². The first kappa shape index (κ1) is 29.5. The number of aryl methyl sites for hydroxylation is 1. The molecular weight excluding hydrogens is 478 g/mol. The van der Waals surface area contributed by atoms with Crippen molar-refractivity contribution in [1.29, 1.82) is 0 Å². The third-order valence-electron chi connectivity index (χ3n) is 6.97. The van der Waals surface area contributed by atoms with Gasteiger partial charge in [-0.25, -0.2) is 4.89 Å². The van der Waals surface area contributed by atoms with Crippen molar-refractivity contribution in [2.24, 2.45) is 0 Å². The van der Waals surface area contributed by atoms with Gasteiger partial charge in [-0.3, -0.25) is 15.0 Å². The normalized spacial score (nSPS) is 16.5. The maximum Gasteiger partial charge on any atom is 0.211 e. The van der Waals surface area contributed by atoms with Crippen LogP contribution in [0.25, 0.3) is 0 Å². The molecule has 0 fully saturated rings. The van der Waals surface area contributed by atoms with Crippen LogP contribution in [0.15, 0.2) is 78.9 Å². The van der Waals surface area contributed by atoms with Crippen LogP contribution >= 0.6 is 0 Å². The number of rotatable bonds is 12. The lowest BCUT2D eigenvalue weighted by atomic mass is 9.91. The largest absolute Gasteiger partial charge is 0.372 e. The minimum Gasteiger partial charge on any atom is -0.372 e. The number of nitrogens with zero attached hydrogens (tertiary/aromatic N) is 1. The van der Waals surface area contributed by atoms with E-state index in [1.54, 1.807) is 0 Å². The number of nitrogens with one attached hydrogen (secondary N) is 2. The van der Waals surface area contributed by atoms with E-state index in [1.807, 2.05) is 56.4 Å². The second kappa shape index (κ2) is 16.0. The zero-order chi connectivity index (χ0) is 27.2. The highest BCUT2D eigenvalue weighted by Crippen LogP contribution is 2.25. The quantitative estimate of drug-likeness (QED) is 0.177. The molecule has 0 bridgehead atoms. The average Bonchev–Trinajstić information content (AvgIpc) is 2.94. The first-order valence-corrected chi connectivity index (χ1v) is 13.2. The first-order valence-electron chi connectivity index (χ1n) is 13.2. The van der Waals surface area contributed by atoms with Crippen LogP contribution in [0.5, 0.6) is 0 Å². The molecule has 0 saturated carbocycles. The number of hydrogen-bond donors (Lipinski definition) is 3. The van der Waals surface area contributed by atoms with E-state index in [0.29, 0.717) is 25.7 Å². The van der Waals surface area contributed by atoms with Gasteiger partial charge in [0.15, 0.2) is 0 Å². The zero-order valence-corrected chi connectivity index (χ0v) is 22.7. The lowest BCUT2D eigenvalue weighted by Crippen LogP contribution is -2.51. The predicted octanol–water partition coefficient (Wildman–Crippen LogP) is 5.05. The molecule has 2 unspecified atom stereocenters. The molecule has 0 aliphatic carbocycles. The van der Waals surface area contributed by atoms with Gasteiger partial charge in [0, 0.05) is 30.9 Å². The molecule has 1 aliphatic rings. The molecule has 3 N–H and O–H groups in total. The van der Waals surface area contributed by atoms with Gasteiger partial charge in [0.1, 0.15) is 0 Å². The monoisotopic (exact) mass is 519 g/mol. The van der Waals surface area contributed by atoms with Crippen LogP contribution in [-0.4, -0.2) is 55.0 Å². The minimum absolute atomic E-state index is 0.0807. The van der Waals surface area contributed by atoms with Gasteiger partial charge in [-0.2, -0.15) is 0 Å². The molecule has 0 aromatic heterocycles. The Morgan fingerprint density at radius 1 is 1.05 bits per heavy atom. The zero-order valence-electron chi connectivity index (χ0n) is 22.7. The average molecular weight is 520 g/mol. The van der Waals surface area contributed by atoms with Crippen molar-refractivity contribution in [3.8, 4) is 0 Å². The number of carbonyl (C=O) groups is 1. The standard InChI is InChI=1S/C23H32N2O3.C8H9NO/c1-18(27-17-19-8-4-3-5-9-19)23(24-2)16-25-15-21-11-7-6-10-20(21)14-22(25)12-13-28-26;1-7-3-2-4-8(5-7)9-6-10/h3-11,18,22-24,26H,12-17H2,1-2H3;2-6H,1H3,(H,9,10)/t18?,22-,23?;/m0./s1. The summed E-state index contributed by atoms with van der Waals surface area (Å²) in [6.45, 7) is 6.88. The van der Waals surface area contributed by atoms with Gasteiger partial charge in [0.2, 0.25) is 6.41 Å². The van der Waals surface area contributed by atoms with Gasteiger partial charge in [-0.15, -0.1) is 0 Å². The van der Waals surface area contributed by atoms with Gasteiger partial charge in [-0.05, 0) is 68.1 Å². The molecule has 0 radical (unpaired) electrons. The van der Waals surface area contributed by atoms with Crippen molar-refractivity contribution in [1.82, 2.24) is 10.2 Å². The Morgan fingerprint density at radius 2 is 1.79 bits per heavy atom. The molecule has 1 amide bonds. The van der Waals surface area contributed by atoms with E-state index >= 15 is 0 Å². The number of fused-ring (bicyclic) bond motifs is 1. The molecule has 1 heterocycles. The lowest BCUT2D eigenvalue weighted by Gasteiger charge is -2.40. The molecule has 204 valence electrons. The second-order valence-electron chi connectivity index (χ2n) is 9.71. The van der Waals surface area contributed by atoms with Gasteiger partial charge in [-0.1, -0.05) is 66.7 Å². The lowest BCUT2D eigenvalue weighted by molar-refractivity contribution is -0.244. The number of amides is 1. The Hall–Kier alpha value is -3.07. The van der Waals surface area contributed by atoms with E-state index in [1.165, 1.54) is 16.7 Å². The number of ether oxygens (including phenoxy) is 1. The third kappa shape index (κ3) is 9.35. The summed E-state index contributed by atoms with van der Waals surface area (Å²) >= 11 is 0. The number of carbonyl (C=O) groups excluding carboxylic acids is 1. The molecule has 3 aromatic rings. The van der Waals surface area contributed by atoms with Crippen LogP contribution < -0.4 is 10.6 Å². The van der Waals surface area contributed by atoms with Crippen molar-refractivity contribution < 1.29 is 19.7 Å². The highest BCUT2D eigenvalue weighted by atomic mass is 17.1. The Bertz CT molecular complexity index is 1100. The Labute approximate surface area is 226 Å². The van der Waals surface area contributed by atoms with Crippen molar-refractivity contribution in [2.45, 2.75) is 58.0 Å². The Kier molecular flexibility index (Phi) is 12.4. The summed E-state index contributed by atoms with van der Waals surface area (Å²) in [5.74, 6) is 0. The topological polar surface area (TPSA) is 83.1 Å². The summed E-state index contributed by atoms with van der Waals surface area (Å²) in [7, 11) is 2.00. The molecule has 3 atom stereocenters. The minimum atomic E-state index is 0.0807. The van der Waals surface area contributed by atoms with Crippen LogP contribution in [-0.2, 0) is 34.0 Å². The van der Waals surface area contributed by atoms with Gasteiger partial charge >= 0.3 is 0 Å². The fourth-order valence-electron chi connectivity index (χ4n) is 4.78. The number of benzene rings is 3. The third-order valence-corrected chi connectivity index (χ3v) is 6.97. The molecule has 4 rings (SSSR count). The molecule has 0 saturated heterocycles. The smallest absolute Gasteiger partial charge is 0.211 e. The van der Waals surface area contributed by atoms with Crippen molar-refractivity contribution in [2.75, 3.05) is 25.5 Å². The summed E-state index contributed by atoms with van der Waals surface area (Å²) in [5, 5.41) is 14.8. The van der Waals surface area contributed by atoms with Crippen molar-refractivity contribution in [3.63, 3.8) is 0 Å². The van der Waals surface area contributed by atoms with Gasteiger partial charge in [0.05, 0.1) is 19.3 Å². The highest BCUT2D eigenvalue weighted by molar-refractivity contribution is 5.71. The summed E-state index contributed by atoms with van der Waals surface area (Å²) in [6.07, 6.45) is 2.54. The molecule has 1 aliphatic heterocycles. The Morgan fingerprint density at radius 3 is 2.47 bits per heavy atom. The van der Waals surface area contributed by atoms with E-state index < -0.39 is 0 Å².